The van der Waals surface area contributed by atoms with Crippen molar-refractivity contribution in [2.24, 2.45) is 5.73 Å². The van der Waals surface area contributed by atoms with Crippen LogP contribution < -0.4 is 10.5 Å². The molecule has 0 aliphatic heterocycles. The molecule has 0 aromatic heterocycles. The van der Waals surface area contributed by atoms with E-state index < -0.39 is 5.91 Å². The maximum Gasteiger partial charge on any atom is 0.309 e. The first-order chi connectivity index (χ1) is 8.15. The smallest absolute Gasteiger partial charge is 0.309 e. The number of hydrogen-bond donors (Lipinski definition) is 1. The van der Waals surface area contributed by atoms with Crippen molar-refractivity contribution in [2.45, 2.75) is 13.3 Å². The first-order valence-corrected chi connectivity index (χ1v) is 5.32. The summed E-state index contributed by atoms with van der Waals surface area (Å²) in [6.07, 6.45) is 0.140. The number of esters is 1. The number of ether oxygens (including phenoxy) is 2. The third kappa shape index (κ3) is 4.14. The highest BCUT2D eigenvalue weighted by Gasteiger charge is 2.09. The minimum Gasteiger partial charge on any atom is -0.492 e. The lowest BCUT2D eigenvalue weighted by atomic mass is 10.2. The molecule has 0 atom stereocenters. The molecule has 0 heterocycles. The molecule has 0 spiro atoms. The molecular formula is C12H15NO4. The number of rotatable bonds is 6. The van der Waals surface area contributed by atoms with Crippen molar-refractivity contribution in [3.63, 3.8) is 0 Å². The van der Waals surface area contributed by atoms with Crippen LogP contribution in [0.25, 0.3) is 0 Å². The van der Waals surface area contributed by atoms with Gasteiger partial charge in [-0.15, -0.1) is 0 Å². The Balaban J connectivity index is 2.52. The van der Waals surface area contributed by atoms with Gasteiger partial charge in [-0.2, -0.15) is 0 Å². The summed E-state index contributed by atoms with van der Waals surface area (Å²) in [5.74, 6) is -0.509. The van der Waals surface area contributed by atoms with E-state index in [2.05, 4.69) is 0 Å². The van der Waals surface area contributed by atoms with Crippen LogP contribution in [0.5, 0.6) is 5.75 Å². The van der Waals surface area contributed by atoms with Crippen LogP contribution in [0.4, 0.5) is 0 Å². The average Bonchev–Trinajstić information content (AvgIpc) is 2.30. The van der Waals surface area contributed by atoms with E-state index in [9.17, 15) is 9.59 Å². The Morgan fingerprint density at radius 1 is 1.29 bits per heavy atom. The van der Waals surface area contributed by atoms with Crippen molar-refractivity contribution in [3.05, 3.63) is 29.8 Å². The van der Waals surface area contributed by atoms with E-state index in [-0.39, 0.29) is 19.0 Å². The van der Waals surface area contributed by atoms with Crippen LogP contribution in [0.3, 0.4) is 0 Å². The molecule has 5 heteroatoms. The molecule has 0 radical (unpaired) electrons. The molecular weight excluding hydrogens is 222 g/mol. The van der Waals surface area contributed by atoms with Crippen molar-refractivity contribution in [2.75, 3.05) is 13.2 Å². The summed E-state index contributed by atoms with van der Waals surface area (Å²) >= 11 is 0. The topological polar surface area (TPSA) is 78.6 Å². The minimum absolute atomic E-state index is 0.140. The van der Waals surface area contributed by atoms with E-state index >= 15 is 0 Å². The largest absolute Gasteiger partial charge is 0.492 e. The molecule has 0 aliphatic carbocycles. The number of nitrogens with two attached hydrogens (primary N) is 1. The van der Waals surface area contributed by atoms with Gasteiger partial charge in [0.2, 0.25) is 0 Å². The Hall–Kier alpha value is -2.04. The lowest BCUT2D eigenvalue weighted by Gasteiger charge is -2.08. The molecule has 1 amide bonds. The fraction of sp³-hybridized carbons (Fsp3) is 0.333. The van der Waals surface area contributed by atoms with Gasteiger partial charge in [0, 0.05) is 0 Å². The van der Waals surface area contributed by atoms with E-state index in [0.717, 1.165) is 0 Å². The van der Waals surface area contributed by atoms with Crippen LogP contribution in [0.1, 0.15) is 23.7 Å². The number of carbonyl (C=O) groups excluding carboxylic acids is 2. The Morgan fingerprint density at radius 3 is 2.65 bits per heavy atom. The predicted molar refractivity (Wildman–Crippen MR) is 61.7 cm³/mol. The van der Waals surface area contributed by atoms with Crippen molar-refractivity contribution in [1.29, 1.82) is 0 Å². The van der Waals surface area contributed by atoms with Crippen LogP contribution in [0.2, 0.25) is 0 Å². The van der Waals surface area contributed by atoms with Gasteiger partial charge in [0.15, 0.2) is 0 Å². The zero-order valence-electron chi connectivity index (χ0n) is 9.64. The Bertz CT molecular complexity index is 403. The Morgan fingerprint density at radius 2 is 2.00 bits per heavy atom. The number of carbonyl (C=O) groups is 2. The van der Waals surface area contributed by atoms with Gasteiger partial charge in [-0.25, -0.2) is 0 Å². The van der Waals surface area contributed by atoms with Gasteiger partial charge in [-0.3, -0.25) is 9.59 Å². The van der Waals surface area contributed by atoms with Crippen molar-refractivity contribution < 1.29 is 19.1 Å². The molecule has 1 rings (SSSR count). The normalized spacial score (nSPS) is 9.71. The fourth-order valence-electron chi connectivity index (χ4n) is 1.27. The Labute approximate surface area is 99.5 Å². The second kappa shape index (κ2) is 6.52. The standard InChI is InChI=1S/C12H15NO4/c1-2-16-11(14)7-8-17-10-6-4-3-5-9(10)12(13)15/h3-6H,2,7-8H2,1H3,(H2,13,15). The van der Waals surface area contributed by atoms with Gasteiger partial charge in [-0.05, 0) is 19.1 Å². The zero-order chi connectivity index (χ0) is 12.7. The van der Waals surface area contributed by atoms with Gasteiger partial charge in [-0.1, -0.05) is 12.1 Å². The molecule has 5 nitrogen and oxygen atoms in total. The number of amides is 1. The molecule has 1 aromatic rings. The van der Waals surface area contributed by atoms with Crippen molar-refractivity contribution in [1.82, 2.24) is 0 Å². The number of hydrogen-bond acceptors (Lipinski definition) is 4. The quantitative estimate of drug-likeness (QED) is 0.752. The SMILES string of the molecule is CCOC(=O)CCOc1ccccc1C(N)=O. The second-order valence-electron chi connectivity index (χ2n) is 3.26. The van der Waals surface area contributed by atoms with Crippen LogP contribution in [-0.2, 0) is 9.53 Å². The molecule has 0 saturated heterocycles. The lowest BCUT2D eigenvalue weighted by molar-refractivity contribution is -0.143. The summed E-state index contributed by atoms with van der Waals surface area (Å²) in [7, 11) is 0. The third-order valence-electron chi connectivity index (χ3n) is 2.02. The first kappa shape index (κ1) is 13.0. The van der Waals surface area contributed by atoms with E-state index in [1.807, 2.05) is 0 Å². The number of primary amides is 1. The summed E-state index contributed by atoms with van der Waals surface area (Å²) in [6.45, 7) is 2.24. The van der Waals surface area contributed by atoms with Crippen LogP contribution in [0.15, 0.2) is 24.3 Å². The molecule has 2 N–H and O–H groups in total. The number of benzene rings is 1. The summed E-state index contributed by atoms with van der Waals surface area (Å²) in [5, 5.41) is 0. The summed E-state index contributed by atoms with van der Waals surface area (Å²) in [4.78, 5) is 22.1. The summed E-state index contributed by atoms with van der Waals surface area (Å²) in [5.41, 5.74) is 5.49. The van der Waals surface area contributed by atoms with Crippen LogP contribution in [-0.4, -0.2) is 25.1 Å². The predicted octanol–water partition coefficient (Wildman–Crippen LogP) is 1.12. The first-order valence-electron chi connectivity index (χ1n) is 5.32. The average molecular weight is 237 g/mol. The number of para-hydroxylation sites is 1. The maximum atomic E-state index is 11.1. The summed E-state index contributed by atoms with van der Waals surface area (Å²) in [6, 6.07) is 6.62. The Kier molecular flexibility index (Phi) is 5.00. The summed E-state index contributed by atoms with van der Waals surface area (Å²) < 4.78 is 10.1. The lowest BCUT2D eigenvalue weighted by Crippen LogP contribution is -2.14. The van der Waals surface area contributed by atoms with Crippen molar-refractivity contribution >= 4 is 11.9 Å². The van der Waals surface area contributed by atoms with E-state index in [0.29, 0.717) is 17.9 Å². The van der Waals surface area contributed by atoms with Gasteiger partial charge >= 0.3 is 5.97 Å². The molecule has 0 bridgehead atoms. The highest BCUT2D eigenvalue weighted by atomic mass is 16.5. The molecule has 0 unspecified atom stereocenters. The monoisotopic (exact) mass is 237 g/mol. The van der Waals surface area contributed by atoms with Gasteiger partial charge < -0.3 is 15.2 Å². The molecule has 92 valence electrons. The van der Waals surface area contributed by atoms with Crippen LogP contribution >= 0.6 is 0 Å². The third-order valence-corrected chi connectivity index (χ3v) is 2.02. The van der Waals surface area contributed by atoms with E-state index in [1.165, 1.54) is 0 Å². The molecule has 17 heavy (non-hydrogen) atoms. The minimum atomic E-state index is -0.559. The van der Waals surface area contributed by atoms with E-state index in [1.54, 1.807) is 31.2 Å². The van der Waals surface area contributed by atoms with E-state index in [4.69, 9.17) is 15.2 Å². The van der Waals surface area contributed by atoms with Gasteiger partial charge in [0.1, 0.15) is 5.75 Å². The zero-order valence-corrected chi connectivity index (χ0v) is 9.64. The highest BCUT2D eigenvalue weighted by Crippen LogP contribution is 2.17. The fourth-order valence-corrected chi connectivity index (χ4v) is 1.27. The molecule has 0 aliphatic rings. The molecule has 0 saturated carbocycles. The van der Waals surface area contributed by atoms with Gasteiger partial charge in [0.05, 0.1) is 25.2 Å². The van der Waals surface area contributed by atoms with Crippen LogP contribution in [0, 0.1) is 0 Å². The second-order valence-corrected chi connectivity index (χ2v) is 3.26. The maximum absolute atomic E-state index is 11.1. The van der Waals surface area contributed by atoms with Crippen molar-refractivity contribution in [3.8, 4) is 5.75 Å². The van der Waals surface area contributed by atoms with Gasteiger partial charge in [0.25, 0.3) is 5.91 Å². The molecule has 0 fully saturated rings. The molecule has 1 aromatic carbocycles. The highest BCUT2D eigenvalue weighted by molar-refractivity contribution is 5.95.